The highest BCUT2D eigenvalue weighted by atomic mass is 32.2. The lowest BCUT2D eigenvalue weighted by atomic mass is 10.3. The first-order chi connectivity index (χ1) is 9.07. The molecule has 1 aromatic heterocycles. The molecule has 1 aromatic carbocycles. The average Bonchev–Trinajstić information content (AvgIpc) is 2.47. The van der Waals surface area contributed by atoms with E-state index in [-0.39, 0.29) is 10.6 Å². The van der Waals surface area contributed by atoms with Gasteiger partial charge < -0.3 is 0 Å². The molecule has 0 aliphatic rings. The molecule has 0 atom stereocenters. The lowest BCUT2D eigenvalue weighted by molar-refractivity contribution is 0.593. The zero-order valence-electron chi connectivity index (χ0n) is 10.2. The fraction of sp³-hybridized carbons (Fsp3) is 0.0769. The third-order valence-electron chi connectivity index (χ3n) is 2.63. The van der Waals surface area contributed by atoms with Crippen molar-refractivity contribution >= 4 is 15.7 Å². The summed E-state index contributed by atoms with van der Waals surface area (Å²) in [6.07, 6.45) is 1.39. The Labute approximate surface area is 111 Å². The zero-order valence-corrected chi connectivity index (χ0v) is 11.0. The van der Waals surface area contributed by atoms with Gasteiger partial charge >= 0.3 is 0 Å². The van der Waals surface area contributed by atoms with E-state index < -0.39 is 10.0 Å². The van der Waals surface area contributed by atoms with Gasteiger partial charge in [0.1, 0.15) is 11.0 Å². The van der Waals surface area contributed by atoms with Gasteiger partial charge in [-0.25, -0.2) is 13.4 Å². The van der Waals surface area contributed by atoms with Crippen LogP contribution < -0.4 is 4.31 Å². The summed E-state index contributed by atoms with van der Waals surface area (Å²) in [4.78, 5) is 3.68. The van der Waals surface area contributed by atoms with E-state index in [1.165, 1.54) is 25.4 Å². The van der Waals surface area contributed by atoms with Crippen LogP contribution >= 0.6 is 0 Å². The van der Waals surface area contributed by atoms with E-state index in [1.54, 1.807) is 36.4 Å². The van der Waals surface area contributed by atoms with Crippen LogP contribution in [0.15, 0.2) is 53.6 Å². The second-order valence-corrected chi connectivity index (χ2v) is 5.71. The quantitative estimate of drug-likeness (QED) is 0.854. The molecule has 6 heteroatoms. The first-order valence-corrected chi connectivity index (χ1v) is 6.90. The van der Waals surface area contributed by atoms with Gasteiger partial charge in [-0.15, -0.1) is 0 Å². The van der Waals surface area contributed by atoms with Crippen molar-refractivity contribution in [2.75, 3.05) is 11.4 Å². The number of nitrogens with zero attached hydrogens (tertiary/aromatic N) is 3. The summed E-state index contributed by atoms with van der Waals surface area (Å²) in [6.45, 7) is 0. The van der Waals surface area contributed by atoms with Gasteiger partial charge in [-0.1, -0.05) is 18.2 Å². The minimum absolute atomic E-state index is 0.0937. The van der Waals surface area contributed by atoms with Gasteiger partial charge in [-0.3, -0.25) is 4.31 Å². The van der Waals surface area contributed by atoms with E-state index >= 15 is 0 Å². The summed E-state index contributed by atoms with van der Waals surface area (Å²) >= 11 is 0. The summed E-state index contributed by atoms with van der Waals surface area (Å²) in [7, 11) is -2.34. The van der Waals surface area contributed by atoms with Gasteiger partial charge in [0.05, 0.1) is 5.69 Å². The molecule has 1 heterocycles. The van der Waals surface area contributed by atoms with E-state index in [1.807, 2.05) is 0 Å². The highest BCUT2D eigenvalue weighted by Gasteiger charge is 2.24. The standard InChI is InChI=1S/C13H11N3O2S/c1-16(11-6-3-2-4-7-11)19(17,18)13-8-5-9-15-12(13)10-14/h2-9H,1H3. The smallest absolute Gasteiger partial charge is 0.266 e. The van der Waals surface area contributed by atoms with Crippen LogP contribution in [0.1, 0.15) is 5.69 Å². The predicted octanol–water partition coefficient (Wildman–Crippen LogP) is 1.78. The molecule has 0 amide bonds. The van der Waals surface area contributed by atoms with Crippen LogP contribution in [0.25, 0.3) is 0 Å². The summed E-state index contributed by atoms with van der Waals surface area (Å²) in [5, 5.41) is 8.94. The Morgan fingerprint density at radius 3 is 2.47 bits per heavy atom. The molecule has 0 N–H and O–H groups in total. The molecular weight excluding hydrogens is 262 g/mol. The molecule has 0 aliphatic carbocycles. The minimum Gasteiger partial charge on any atom is -0.269 e. The number of hydrogen-bond donors (Lipinski definition) is 0. The van der Waals surface area contributed by atoms with E-state index in [4.69, 9.17) is 5.26 Å². The molecule has 0 spiro atoms. The second-order valence-electron chi connectivity index (χ2n) is 3.77. The third-order valence-corrected chi connectivity index (χ3v) is 4.45. The van der Waals surface area contributed by atoms with Crippen LogP contribution in [0.4, 0.5) is 5.69 Å². The SMILES string of the molecule is CN(c1ccccc1)S(=O)(=O)c1cccnc1C#N. The van der Waals surface area contributed by atoms with Crippen LogP contribution in [0, 0.1) is 11.3 Å². The first-order valence-electron chi connectivity index (χ1n) is 5.46. The summed E-state index contributed by atoms with van der Waals surface area (Å²) in [6, 6.07) is 13.3. The third kappa shape index (κ3) is 2.41. The van der Waals surface area contributed by atoms with Gasteiger partial charge in [-0.05, 0) is 24.3 Å². The van der Waals surface area contributed by atoms with Gasteiger partial charge in [-0.2, -0.15) is 5.26 Å². The summed E-state index contributed by atoms with van der Waals surface area (Å²) < 4.78 is 26.0. The van der Waals surface area contributed by atoms with Gasteiger partial charge in [0.25, 0.3) is 10.0 Å². The van der Waals surface area contributed by atoms with Crippen molar-refractivity contribution in [2.45, 2.75) is 4.90 Å². The van der Waals surface area contributed by atoms with Crippen molar-refractivity contribution in [2.24, 2.45) is 0 Å². The van der Waals surface area contributed by atoms with Gasteiger partial charge in [0.15, 0.2) is 5.69 Å². The van der Waals surface area contributed by atoms with E-state index in [2.05, 4.69) is 4.98 Å². The average molecular weight is 273 g/mol. The molecule has 0 unspecified atom stereocenters. The van der Waals surface area contributed by atoms with E-state index in [9.17, 15) is 8.42 Å². The number of nitriles is 1. The summed E-state index contributed by atoms with van der Waals surface area (Å²) in [5.74, 6) is 0. The maximum atomic E-state index is 12.4. The molecule has 0 fully saturated rings. The lowest BCUT2D eigenvalue weighted by Gasteiger charge is -2.19. The maximum Gasteiger partial charge on any atom is 0.266 e. The molecule has 0 bridgehead atoms. The molecular formula is C13H11N3O2S. The zero-order chi connectivity index (χ0) is 13.9. The van der Waals surface area contributed by atoms with Crippen LogP contribution in [0.5, 0.6) is 0 Å². The number of anilines is 1. The highest BCUT2D eigenvalue weighted by Crippen LogP contribution is 2.22. The van der Waals surface area contributed by atoms with Crippen LogP contribution in [-0.2, 0) is 10.0 Å². The number of rotatable bonds is 3. The molecule has 96 valence electrons. The Kier molecular flexibility index (Phi) is 3.49. The molecule has 0 aliphatic heterocycles. The fourth-order valence-corrected chi connectivity index (χ4v) is 2.89. The first kappa shape index (κ1) is 13.1. The minimum atomic E-state index is -3.79. The highest BCUT2D eigenvalue weighted by molar-refractivity contribution is 7.92. The second kappa shape index (κ2) is 5.08. The number of pyridine rings is 1. The van der Waals surface area contributed by atoms with Crippen molar-refractivity contribution < 1.29 is 8.42 Å². The molecule has 2 rings (SSSR count). The monoisotopic (exact) mass is 273 g/mol. The molecule has 19 heavy (non-hydrogen) atoms. The number of aromatic nitrogens is 1. The van der Waals surface area contributed by atoms with Crippen molar-refractivity contribution in [3.63, 3.8) is 0 Å². The fourth-order valence-electron chi connectivity index (χ4n) is 1.61. The largest absolute Gasteiger partial charge is 0.269 e. The number of hydrogen-bond acceptors (Lipinski definition) is 4. The number of para-hydroxylation sites is 1. The van der Waals surface area contributed by atoms with Crippen molar-refractivity contribution in [1.29, 1.82) is 5.26 Å². The topological polar surface area (TPSA) is 74.1 Å². The van der Waals surface area contributed by atoms with Crippen LogP contribution in [0.3, 0.4) is 0 Å². The van der Waals surface area contributed by atoms with E-state index in [0.29, 0.717) is 5.69 Å². The number of benzene rings is 1. The predicted molar refractivity (Wildman–Crippen MR) is 71.0 cm³/mol. The Bertz CT molecular complexity index is 721. The molecule has 5 nitrogen and oxygen atoms in total. The van der Waals surface area contributed by atoms with Gasteiger partial charge in [0, 0.05) is 13.2 Å². The van der Waals surface area contributed by atoms with Crippen molar-refractivity contribution in [3.05, 3.63) is 54.4 Å². The Balaban J connectivity index is 2.52. The van der Waals surface area contributed by atoms with Crippen molar-refractivity contribution in [1.82, 2.24) is 4.98 Å². The number of sulfonamides is 1. The molecule has 0 saturated heterocycles. The lowest BCUT2D eigenvalue weighted by Crippen LogP contribution is -2.27. The maximum absolute atomic E-state index is 12.4. The normalized spacial score (nSPS) is 10.7. The van der Waals surface area contributed by atoms with E-state index in [0.717, 1.165) is 4.31 Å². The molecule has 2 aromatic rings. The Hall–Kier alpha value is -2.39. The van der Waals surface area contributed by atoms with Crippen LogP contribution in [0.2, 0.25) is 0 Å². The van der Waals surface area contributed by atoms with Gasteiger partial charge in [0.2, 0.25) is 0 Å². The van der Waals surface area contributed by atoms with Crippen molar-refractivity contribution in [3.8, 4) is 6.07 Å². The Morgan fingerprint density at radius 1 is 1.16 bits per heavy atom. The Morgan fingerprint density at radius 2 is 1.84 bits per heavy atom. The molecule has 0 radical (unpaired) electrons. The summed E-state index contributed by atoms with van der Waals surface area (Å²) in [5.41, 5.74) is 0.417. The molecule has 0 saturated carbocycles. The van der Waals surface area contributed by atoms with Crippen LogP contribution in [-0.4, -0.2) is 20.4 Å².